The molecule has 3 rings (SSSR count). The molecule has 2 N–H and O–H groups in total. The van der Waals surface area contributed by atoms with Crippen LogP contribution in [0.4, 0.5) is 0 Å². The van der Waals surface area contributed by atoms with Crippen molar-refractivity contribution in [2.24, 2.45) is 5.73 Å². The molecule has 5 nitrogen and oxygen atoms in total. The summed E-state index contributed by atoms with van der Waals surface area (Å²) >= 11 is 0. The molecule has 0 aromatic carbocycles. The van der Waals surface area contributed by atoms with Crippen molar-refractivity contribution in [3.8, 4) is 0 Å². The van der Waals surface area contributed by atoms with E-state index in [1.54, 1.807) is 16.7 Å². The Bertz CT molecular complexity index is 643. The van der Waals surface area contributed by atoms with Crippen LogP contribution in [0.1, 0.15) is 11.3 Å². The molecule has 0 bridgehead atoms. The van der Waals surface area contributed by atoms with Crippen LogP contribution in [0.5, 0.6) is 0 Å². The third kappa shape index (κ3) is 1.91. The number of hydrogen-bond donors (Lipinski definition) is 1. The van der Waals surface area contributed by atoms with Crippen LogP contribution in [-0.2, 0) is 6.54 Å². The lowest BCUT2D eigenvalue weighted by Gasteiger charge is -2.36. The molecule has 0 radical (unpaired) electrons. The van der Waals surface area contributed by atoms with E-state index in [-0.39, 0.29) is 11.6 Å². The number of fused-ring (bicyclic) bond motifs is 1. The van der Waals surface area contributed by atoms with Gasteiger partial charge in [-0.25, -0.2) is 4.98 Å². The Kier molecular flexibility index (Phi) is 2.65. The maximum atomic E-state index is 12.0. The Morgan fingerprint density at radius 2 is 2.28 bits per heavy atom. The summed E-state index contributed by atoms with van der Waals surface area (Å²) in [7, 11) is 0. The van der Waals surface area contributed by atoms with E-state index in [0.29, 0.717) is 6.54 Å². The number of nitrogens with two attached hydrogens (primary N) is 1. The Labute approximate surface area is 105 Å². The number of rotatable bonds is 2. The van der Waals surface area contributed by atoms with E-state index in [9.17, 15) is 4.79 Å². The Morgan fingerprint density at radius 1 is 1.50 bits per heavy atom. The van der Waals surface area contributed by atoms with E-state index in [1.165, 1.54) is 0 Å². The number of hydrogen-bond acceptors (Lipinski definition) is 4. The average Bonchev–Trinajstić information content (AvgIpc) is 2.29. The molecule has 0 amide bonds. The van der Waals surface area contributed by atoms with Crippen molar-refractivity contribution in [3.05, 3.63) is 46.0 Å². The van der Waals surface area contributed by atoms with E-state index < -0.39 is 0 Å². The highest BCUT2D eigenvalue weighted by Crippen LogP contribution is 2.11. The van der Waals surface area contributed by atoms with Crippen molar-refractivity contribution in [3.63, 3.8) is 0 Å². The smallest absolute Gasteiger partial charge is 0.258 e. The molecule has 1 aliphatic rings. The van der Waals surface area contributed by atoms with Crippen molar-refractivity contribution in [1.29, 1.82) is 0 Å². The summed E-state index contributed by atoms with van der Waals surface area (Å²) in [4.78, 5) is 18.7. The van der Waals surface area contributed by atoms with Crippen molar-refractivity contribution in [2.75, 3.05) is 13.1 Å². The number of likely N-dealkylation sites (tertiary alicyclic amines) is 1. The summed E-state index contributed by atoms with van der Waals surface area (Å²) < 4.78 is 1.58. The Balaban J connectivity index is 1.99. The van der Waals surface area contributed by atoms with Gasteiger partial charge in [-0.2, -0.15) is 0 Å². The van der Waals surface area contributed by atoms with Crippen molar-refractivity contribution < 1.29 is 0 Å². The van der Waals surface area contributed by atoms with Gasteiger partial charge in [0.25, 0.3) is 5.56 Å². The van der Waals surface area contributed by atoms with Gasteiger partial charge >= 0.3 is 0 Å². The molecule has 2 aromatic rings. The van der Waals surface area contributed by atoms with Gasteiger partial charge in [0.15, 0.2) is 0 Å². The second-order valence-corrected chi connectivity index (χ2v) is 4.92. The second-order valence-electron chi connectivity index (χ2n) is 4.92. The first-order valence-corrected chi connectivity index (χ1v) is 6.09. The minimum Gasteiger partial charge on any atom is -0.325 e. The molecule has 3 heterocycles. The van der Waals surface area contributed by atoms with Gasteiger partial charge < -0.3 is 5.73 Å². The largest absolute Gasteiger partial charge is 0.325 e. The lowest BCUT2D eigenvalue weighted by molar-refractivity contribution is 0.140. The molecule has 1 fully saturated rings. The fourth-order valence-electron chi connectivity index (χ4n) is 2.36. The van der Waals surface area contributed by atoms with Crippen molar-refractivity contribution >= 4 is 5.65 Å². The van der Waals surface area contributed by atoms with Crippen molar-refractivity contribution in [2.45, 2.75) is 19.5 Å². The van der Waals surface area contributed by atoms with Gasteiger partial charge in [-0.15, -0.1) is 0 Å². The standard InChI is InChI=1S/C13H16N4O/c1-9-3-2-4-17-12(18)5-11(15-13(9)17)8-16-6-10(14)7-16/h2-5,10H,6-8,14H2,1H3. The zero-order chi connectivity index (χ0) is 12.7. The predicted octanol–water partition coefficient (Wildman–Crippen LogP) is 0.146. The molecule has 5 heteroatoms. The van der Waals surface area contributed by atoms with Gasteiger partial charge in [0.2, 0.25) is 0 Å². The summed E-state index contributed by atoms with van der Waals surface area (Å²) in [5.74, 6) is 0. The van der Waals surface area contributed by atoms with Gasteiger partial charge in [-0.05, 0) is 18.6 Å². The topological polar surface area (TPSA) is 63.6 Å². The van der Waals surface area contributed by atoms with Crippen LogP contribution in [0.2, 0.25) is 0 Å². The third-order valence-corrected chi connectivity index (χ3v) is 3.31. The van der Waals surface area contributed by atoms with Crippen LogP contribution in [0.3, 0.4) is 0 Å². The van der Waals surface area contributed by atoms with Crippen LogP contribution >= 0.6 is 0 Å². The molecule has 0 unspecified atom stereocenters. The van der Waals surface area contributed by atoms with E-state index in [4.69, 9.17) is 5.73 Å². The molecular formula is C13H16N4O. The molecule has 0 saturated carbocycles. The molecule has 2 aromatic heterocycles. The van der Waals surface area contributed by atoms with E-state index in [0.717, 1.165) is 30.0 Å². The number of pyridine rings is 1. The molecular weight excluding hydrogens is 228 g/mol. The Hall–Kier alpha value is -1.72. The first-order chi connectivity index (χ1) is 8.63. The van der Waals surface area contributed by atoms with Crippen LogP contribution in [-0.4, -0.2) is 33.4 Å². The average molecular weight is 244 g/mol. The first-order valence-electron chi connectivity index (χ1n) is 6.09. The first kappa shape index (κ1) is 11.4. The van der Waals surface area contributed by atoms with Crippen LogP contribution in [0.25, 0.3) is 5.65 Å². The van der Waals surface area contributed by atoms with E-state index in [2.05, 4.69) is 9.88 Å². The van der Waals surface area contributed by atoms with Crippen molar-refractivity contribution in [1.82, 2.24) is 14.3 Å². The number of aryl methyl sites for hydroxylation is 1. The van der Waals surface area contributed by atoms with Gasteiger partial charge in [-0.1, -0.05) is 6.07 Å². The maximum absolute atomic E-state index is 12.0. The lowest BCUT2D eigenvalue weighted by atomic mass is 10.1. The highest BCUT2D eigenvalue weighted by molar-refractivity contribution is 5.46. The summed E-state index contributed by atoms with van der Waals surface area (Å²) in [6.45, 7) is 4.43. The quantitative estimate of drug-likeness (QED) is 0.816. The zero-order valence-corrected chi connectivity index (χ0v) is 10.3. The highest BCUT2D eigenvalue weighted by Gasteiger charge is 2.23. The van der Waals surface area contributed by atoms with Gasteiger partial charge in [-0.3, -0.25) is 14.1 Å². The number of nitrogens with zero attached hydrogens (tertiary/aromatic N) is 3. The molecule has 0 aliphatic carbocycles. The summed E-state index contributed by atoms with van der Waals surface area (Å²) in [5, 5.41) is 0. The molecule has 1 saturated heterocycles. The van der Waals surface area contributed by atoms with Gasteiger partial charge in [0, 0.05) is 37.9 Å². The maximum Gasteiger partial charge on any atom is 0.258 e. The van der Waals surface area contributed by atoms with Gasteiger partial charge in [0.05, 0.1) is 5.69 Å². The predicted molar refractivity (Wildman–Crippen MR) is 69.5 cm³/mol. The molecule has 0 atom stereocenters. The summed E-state index contributed by atoms with van der Waals surface area (Å²) in [6.07, 6.45) is 1.75. The van der Waals surface area contributed by atoms with Crippen LogP contribution in [0, 0.1) is 6.92 Å². The SMILES string of the molecule is Cc1cccn2c(=O)cc(CN3CC(N)C3)nc12. The summed E-state index contributed by atoms with van der Waals surface area (Å²) in [6, 6.07) is 5.70. The Morgan fingerprint density at radius 3 is 3.00 bits per heavy atom. The van der Waals surface area contributed by atoms with E-state index in [1.807, 2.05) is 19.1 Å². The lowest BCUT2D eigenvalue weighted by Crippen LogP contribution is -2.55. The fraction of sp³-hybridized carbons (Fsp3) is 0.385. The zero-order valence-electron chi connectivity index (χ0n) is 10.3. The monoisotopic (exact) mass is 244 g/mol. The number of aromatic nitrogens is 2. The normalized spacial score (nSPS) is 17.0. The van der Waals surface area contributed by atoms with E-state index >= 15 is 0 Å². The molecule has 0 spiro atoms. The molecule has 1 aliphatic heterocycles. The molecule has 94 valence electrons. The molecule has 18 heavy (non-hydrogen) atoms. The summed E-state index contributed by atoms with van der Waals surface area (Å²) in [5.41, 5.74) is 8.29. The van der Waals surface area contributed by atoms with Crippen LogP contribution in [0.15, 0.2) is 29.2 Å². The third-order valence-electron chi connectivity index (χ3n) is 3.31. The van der Waals surface area contributed by atoms with Crippen LogP contribution < -0.4 is 11.3 Å². The fourth-order valence-corrected chi connectivity index (χ4v) is 2.36. The minimum absolute atomic E-state index is 0.0245. The highest BCUT2D eigenvalue weighted by atomic mass is 16.1. The van der Waals surface area contributed by atoms with Gasteiger partial charge in [0.1, 0.15) is 5.65 Å². The second kappa shape index (κ2) is 4.19. The minimum atomic E-state index is -0.0245.